The van der Waals surface area contributed by atoms with Crippen molar-refractivity contribution in [3.8, 4) is 5.75 Å². The molecule has 2 aromatic rings. The predicted molar refractivity (Wildman–Crippen MR) is 101 cm³/mol. The molecule has 5 heteroatoms. The average molecular weight is 401 g/mol. The number of hydrogen-bond donors (Lipinski definition) is 1. The van der Waals surface area contributed by atoms with Gasteiger partial charge in [0.1, 0.15) is 11.6 Å². The zero-order valence-corrected chi connectivity index (χ0v) is 16.0. The van der Waals surface area contributed by atoms with Crippen molar-refractivity contribution in [2.75, 3.05) is 11.9 Å². The van der Waals surface area contributed by atoms with Gasteiger partial charge in [0.05, 0.1) is 0 Å². The number of halogens is 1. The lowest BCUT2D eigenvalue weighted by Crippen LogP contribution is -2.25. The minimum Gasteiger partial charge on any atom is -0.483 e. The van der Waals surface area contributed by atoms with Crippen LogP contribution in [0.5, 0.6) is 5.75 Å². The Hall–Kier alpha value is -1.88. The summed E-state index contributed by atoms with van der Waals surface area (Å²) in [6.07, 6.45) is 3.96. The van der Waals surface area contributed by atoms with Gasteiger partial charge in [-0.05, 0) is 69.8 Å². The standard InChI is InChI=1S/C20H21BrN2O2/c1-20(2)9-12-4-3-5-16(19(12)14-8-15(14)20)25-11-18(24)23-17-7-6-13(21)10-22-17/h3-7,10,14-15H,8-9,11H2,1-2H3,(H,22,23,24). The third-order valence-corrected chi connectivity index (χ3v) is 5.79. The monoisotopic (exact) mass is 400 g/mol. The molecule has 2 unspecified atom stereocenters. The van der Waals surface area contributed by atoms with Gasteiger partial charge in [0.2, 0.25) is 0 Å². The number of ether oxygens (including phenoxy) is 1. The predicted octanol–water partition coefficient (Wildman–Crippen LogP) is 4.55. The maximum Gasteiger partial charge on any atom is 0.263 e. The van der Waals surface area contributed by atoms with Gasteiger partial charge in [-0.25, -0.2) is 4.98 Å². The number of aromatic nitrogens is 1. The lowest BCUT2D eigenvalue weighted by Gasteiger charge is -2.31. The number of amides is 1. The highest BCUT2D eigenvalue weighted by Gasteiger charge is 2.53. The summed E-state index contributed by atoms with van der Waals surface area (Å²) in [7, 11) is 0. The first-order chi connectivity index (χ1) is 11.9. The van der Waals surface area contributed by atoms with Gasteiger partial charge in [-0.2, -0.15) is 0 Å². The number of hydrogen-bond acceptors (Lipinski definition) is 3. The molecule has 0 bridgehead atoms. The van der Waals surface area contributed by atoms with Gasteiger partial charge >= 0.3 is 0 Å². The van der Waals surface area contributed by atoms with Gasteiger partial charge in [-0.15, -0.1) is 0 Å². The molecule has 1 amide bonds. The number of carbonyl (C=O) groups excluding carboxylic acids is 1. The Morgan fingerprint density at radius 2 is 2.20 bits per heavy atom. The molecule has 2 aliphatic rings. The van der Waals surface area contributed by atoms with E-state index >= 15 is 0 Å². The maximum atomic E-state index is 12.1. The van der Waals surface area contributed by atoms with E-state index in [1.165, 1.54) is 17.5 Å². The summed E-state index contributed by atoms with van der Waals surface area (Å²) in [5.41, 5.74) is 3.05. The van der Waals surface area contributed by atoms with Crippen molar-refractivity contribution in [1.82, 2.24) is 4.98 Å². The highest BCUT2D eigenvalue weighted by molar-refractivity contribution is 9.10. The second kappa shape index (κ2) is 6.13. The Kier molecular flexibility index (Phi) is 4.07. The summed E-state index contributed by atoms with van der Waals surface area (Å²) in [6, 6.07) is 9.80. The quantitative estimate of drug-likeness (QED) is 0.818. The van der Waals surface area contributed by atoms with Crippen LogP contribution in [-0.4, -0.2) is 17.5 Å². The number of rotatable bonds is 4. The molecule has 2 aliphatic carbocycles. The van der Waals surface area contributed by atoms with E-state index in [0.29, 0.717) is 17.2 Å². The molecule has 0 spiro atoms. The van der Waals surface area contributed by atoms with Crippen molar-refractivity contribution >= 4 is 27.7 Å². The van der Waals surface area contributed by atoms with Gasteiger partial charge in [-0.3, -0.25) is 4.79 Å². The van der Waals surface area contributed by atoms with Gasteiger partial charge in [0.25, 0.3) is 5.91 Å². The molecular weight excluding hydrogens is 380 g/mol. The summed E-state index contributed by atoms with van der Waals surface area (Å²) in [5, 5.41) is 2.76. The number of pyridine rings is 1. The van der Waals surface area contributed by atoms with E-state index in [9.17, 15) is 4.79 Å². The van der Waals surface area contributed by atoms with Crippen LogP contribution in [0.25, 0.3) is 0 Å². The van der Waals surface area contributed by atoms with Crippen LogP contribution >= 0.6 is 15.9 Å². The fourth-order valence-corrected chi connectivity index (χ4v) is 4.30. The van der Waals surface area contributed by atoms with Gasteiger partial charge in [0, 0.05) is 16.2 Å². The summed E-state index contributed by atoms with van der Waals surface area (Å²) in [5.74, 6) is 2.52. The molecule has 1 fully saturated rings. The molecule has 1 heterocycles. The van der Waals surface area contributed by atoms with Crippen molar-refractivity contribution in [2.45, 2.75) is 32.6 Å². The minimum atomic E-state index is -0.198. The van der Waals surface area contributed by atoms with Gasteiger partial charge in [-0.1, -0.05) is 26.0 Å². The third-order valence-electron chi connectivity index (χ3n) is 5.32. The van der Waals surface area contributed by atoms with Crippen LogP contribution in [0.1, 0.15) is 37.3 Å². The van der Waals surface area contributed by atoms with Crippen LogP contribution in [0.3, 0.4) is 0 Å². The van der Waals surface area contributed by atoms with E-state index in [4.69, 9.17) is 4.74 Å². The van der Waals surface area contributed by atoms with Gasteiger partial charge in [0.15, 0.2) is 6.61 Å². The van der Waals surface area contributed by atoms with E-state index in [1.807, 2.05) is 18.2 Å². The first-order valence-corrected chi connectivity index (χ1v) is 9.39. The number of nitrogens with zero attached hydrogens (tertiary/aromatic N) is 1. The number of anilines is 1. The van der Waals surface area contributed by atoms with Crippen LogP contribution in [0, 0.1) is 11.3 Å². The summed E-state index contributed by atoms with van der Waals surface area (Å²) in [4.78, 5) is 16.3. The maximum absolute atomic E-state index is 12.1. The largest absolute Gasteiger partial charge is 0.483 e. The van der Waals surface area contributed by atoms with E-state index in [0.717, 1.165) is 22.6 Å². The summed E-state index contributed by atoms with van der Waals surface area (Å²) >= 11 is 3.33. The molecule has 4 nitrogen and oxygen atoms in total. The molecule has 130 valence electrons. The highest BCUT2D eigenvalue weighted by atomic mass is 79.9. The van der Waals surface area contributed by atoms with Crippen molar-refractivity contribution in [1.29, 1.82) is 0 Å². The Labute approximate surface area is 156 Å². The number of carbonyl (C=O) groups is 1. The minimum absolute atomic E-state index is 0.00498. The van der Waals surface area contributed by atoms with Crippen LogP contribution in [0.2, 0.25) is 0 Å². The molecule has 1 aromatic heterocycles. The number of fused-ring (bicyclic) bond motifs is 3. The first-order valence-electron chi connectivity index (χ1n) is 8.60. The molecule has 0 saturated heterocycles. The van der Waals surface area contributed by atoms with Crippen LogP contribution in [-0.2, 0) is 11.2 Å². The van der Waals surface area contributed by atoms with Crippen LogP contribution in [0.4, 0.5) is 5.82 Å². The lowest BCUT2D eigenvalue weighted by atomic mass is 9.74. The van der Waals surface area contributed by atoms with Crippen molar-refractivity contribution < 1.29 is 9.53 Å². The molecule has 0 radical (unpaired) electrons. The second-order valence-corrected chi connectivity index (χ2v) is 8.56. The van der Waals surface area contributed by atoms with Crippen molar-refractivity contribution in [3.63, 3.8) is 0 Å². The zero-order valence-electron chi connectivity index (χ0n) is 14.4. The molecule has 1 N–H and O–H groups in total. The van der Waals surface area contributed by atoms with Crippen LogP contribution < -0.4 is 10.1 Å². The van der Waals surface area contributed by atoms with E-state index < -0.39 is 0 Å². The number of benzene rings is 1. The first kappa shape index (κ1) is 16.6. The van der Waals surface area contributed by atoms with Crippen molar-refractivity contribution in [2.24, 2.45) is 11.3 Å². The molecule has 1 saturated carbocycles. The fourth-order valence-electron chi connectivity index (χ4n) is 4.06. The Morgan fingerprint density at radius 3 is 2.96 bits per heavy atom. The van der Waals surface area contributed by atoms with Crippen LogP contribution in [0.15, 0.2) is 41.0 Å². The summed E-state index contributed by atoms with van der Waals surface area (Å²) in [6.45, 7) is 4.70. The van der Waals surface area contributed by atoms with E-state index in [2.05, 4.69) is 46.1 Å². The summed E-state index contributed by atoms with van der Waals surface area (Å²) < 4.78 is 6.75. The number of nitrogens with one attached hydrogen (secondary N) is 1. The Morgan fingerprint density at radius 1 is 1.36 bits per heavy atom. The molecule has 1 aromatic carbocycles. The second-order valence-electron chi connectivity index (χ2n) is 7.64. The molecule has 4 rings (SSSR count). The van der Waals surface area contributed by atoms with Gasteiger partial charge < -0.3 is 10.1 Å². The van der Waals surface area contributed by atoms with Crippen molar-refractivity contribution in [3.05, 3.63) is 52.1 Å². The molecule has 0 aliphatic heterocycles. The average Bonchev–Trinajstić information content (AvgIpc) is 3.36. The topological polar surface area (TPSA) is 51.2 Å². The molecular formula is C20H21BrN2O2. The normalized spacial score (nSPS) is 22.5. The van der Waals surface area contributed by atoms with E-state index in [1.54, 1.807) is 12.3 Å². The Balaban J connectivity index is 1.44. The zero-order chi connectivity index (χ0) is 17.6. The molecule has 25 heavy (non-hydrogen) atoms. The lowest BCUT2D eigenvalue weighted by molar-refractivity contribution is -0.118. The van der Waals surface area contributed by atoms with E-state index in [-0.39, 0.29) is 12.5 Å². The highest BCUT2D eigenvalue weighted by Crippen LogP contribution is 2.63. The molecule has 2 atom stereocenters. The smallest absolute Gasteiger partial charge is 0.263 e. The Bertz CT molecular complexity index is 817. The fraction of sp³-hybridized carbons (Fsp3) is 0.400. The SMILES string of the molecule is CC1(C)Cc2cccc(OCC(=O)Nc3ccc(Br)cn3)c2C2CC21. The third kappa shape index (κ3) is 3.30.